The molecular formula is C15H15ClFNO5. The largest absolute Gasteiger partial charge is 0.463 e. The van der Waals surface area contributed by atoms with Crippen LogP contribution < -0.4 is 5.32 Å². The van der Waals surface area contributed by atoms with E-state index in [1.165, 1.54) is 13.0 Å². The van der Waals surface area contributed by atoms with Crippen molar-refractivity contribution in [2.75, 3.05) is 11.9 Å². The van der Waals surface area contributed by atoms with Crippen LogP contribution in [0, 0.1) is 5.82 Å². The molecule has 1 aromatic carbocycles. The Kier molecular flexibility index (Phi) is 7.21. The number of rotatable bonds is 6. The average molecular weight is 344 g/mol. The number of benzene rings is 1. The number of anilines is 1. The molecule has 6 nitrogen and oxygen atoms in total. The summed E-state index contributed by atoms with van der Waals surface area (Å²) < 4.78 is 22.3. The van der Waals surface area contributed by atoms with Crippen LogP contribution in [-0.2, 0) is 23.9 Å². The maximum Gasteiger partial charge on any atom is 0.331 e. The van der Waals surface area contributed by atoms with Gasteiger partial charge in [0.2, 0.25) is 0 Å². The van der Waals surface area contributed by atoms with Gasteiger partial charge in [-0.1, -0.05) is 11.6 Å². The molecule has 1 atom stereocenters. The molecule has 0 aliphatic heterocycles. The fourth-order valence-corrected chi connectivity index (χ4v) is 1.63. The topological polar surface area (TPSA) is 81.7 Å². The summed E-state index contributed by atoms with van der Waals surface area (Å²) >= 11 is 5.77. The Morgan fingerprint density at radius 1 is 1.30 bits per heavy atom. The lowest BCUT2D eigenvalue weighted by molar-refractivity contribution is -0.148. The van der Waals surface area contributed by atoms with Crippen LogP contribution >= 0.6 is 11.6 Å². The van der Waals surface area contributed by atoms with Gasteiger partial charge in [0.05, 0.1) is 17.3 Å². The Hall–Kier alpha value is -2.41. The minimum atomic E-state index is -1.14. The normalized spacial score (nSPS) is 11.8. The molecule has 1 N–H and O–H groups in total. The smallest absolute Gasteiger partial charge is 0.331 e. The second kappa shape index (κ2) is 8.89. The van der Waals surface area contributed by atoms with Gasteiger partial charge < -0.3 is 14.8 Å². The summed E-state index contributed by atoms with van der Waals surface area (Å²) in [5.41, 5.74) is 0.183. The lowest BCUT2D eigenvalue weighted by atomic mass is 10.3. The highest BCUT2D eigenvalue weighted by Crippen LogP contribution is 2.22. The third-order valence-corrected chi connectivity index (χ3v) is 2.81. The summed E-state index contributed by atoms with van der Waals surface area (Å²) in [5.74, 6) is -2.78. The van der Waals surface area contributed by atoms with Gasteiger partial charge in [0.15, 0.2) is 6.10 Å². The predicted molar refractivity (Wildman–Crippen MR) is 81.4 cm³/mol. The van der Waals surface area contributed by atoms with Crippen molar-refractivity contribution in [2.24, 2.45) is 0 Å². The Balaban J connectivity index is 2.56. The Labute approximate surface area is 137 Å². The van der Waals surface area contributed by atoms with E-state index < -0.39 is 29.8 Å². The van der Waals surface area contributed by atoms with E-state index in [1.54, 1.807) is 6.92 Å². The molecule has 0 saturated carbocycles. The van der Waals surface area contributed by atoms with Crippen LogP contribution in [0.25, 0.3) is 0 Å². The molecule has 0 aliphatic rings. The van der Waals surface area contributed by atoms with E-state index in [0.29, 0.717) is 0 Å². The van der Waals surface area contributed by atoms with E-state index in [9.17, 15) is 18.8 Å². The molecule has 0 aliphatic carbocycles. The first-order valence-corrected chi connectivity index (χ1v) is 7.02. The zero-order valence-electron chi connectivity index (χ0n) is 12.5. The molecule has 1 amide bonds. The Bertz CT molecular complexity index is 632. The second-order valence-corrected chi connectivity index (χ2v) is 4.69. The lowest BCUT2D eigenvalue weighted by Crippen LogP contribution is -2.29. The van der Waals surface area contributed by atoms with Crippen LogP contribution in [0.3, 0.4) is 0 Å². The van der Waals surface area contributed by atoms with Crippen molar-refractivity contribution in [2.45, 2.75) is 20.0 Å². The van der Waals surface area contributed by atoms with Crippen LogP contribution in [-0.4, -0.2) is 30.6 Å². The number of hydrogen-bond donors (Lipinski definition) is 1. The predicted octanol–water partition coefficient (Wildman–Crippen LogP) is 2.47. The average Bonchev–Trinajstić information content (AvgIpc) is 2.48. The van der Waals surface area contributed by atoms with Crippen LogP contribution in [0.1, 0.15) is 13.8 Å². The van der Waals surface area contributed by atoms with E-state index in [-0.39, 0.29) is 17.3 Å². The zero-order chi connectivity index (χ0) is 17.4. The van der Waals surface area contributed by atoms with Gasteiger partial charge in [0, 0.05) is 12.2 Å². The molecule has 0 radical (unpaired) electrons. The number of ether oxygens (including phenoxy) is 2. The highest BCUT2D eigenvalue weighted by molar-refractivity contribution is 6.33. The second-order valence-electron chi connectivity index (χ2n) is 4.28. The molecule has 0 heterocycles. The van der Waals surface area contributed by atoms with Crippen molar-refractivity contribution >= 4 is 35.1 Å². The first kappa shape index (κ1) is 18.6. The van der Waals surface area contributed by atoms with Crippen molar-refractivity contribution in [3.05, 3.63) is 41.2 Å². The number of amides is 1. The number of esters is 2. The quantitative estimate of drug-likeness (QED) is 0.634. The number of carbonyl (C=O) groups is 3. The van der Waals surface area contributed by atoms with Gasteiger partial charge in [-0.05, 0) is 32.0 Å². The van der Waals surface area contributed by atoms with E-state index in [2.05, 4.69) is 10.1 Å². The Morgan fingerprint density at radius 2 is 1.96 bits per heavy atom. The van der Waals surface area contributed by atoms with E-state index in [4.69, 9.17) is 16.3 Å². The fourth-order valence-electron chi connectivity index (χ4n) is 1.42. The van der Waals surface area contributed by atoms with Gasteiger partial charge in [0.25, 0.3) is 5.91 Å². The number of halogens is 2. The van der Waals surface area contributed by atoms with Crippen LogP contribution in [0.2, 0.25) is 5.02 Å². The summed E-state index contributed by atoms with van der Waals surface area (Å²) in [4.78, 5) is 34.4. The first-order valence-electron chi connectivity index (χ1n) is 6.64. The van der Waals surface area contributed by atoms with Crippen molar-refractivity contribution in [3.8, 4) is 0 Å². The number of nitrogens with one attached hydrogen (secondary N) is 1. The van der Waals surface area contributed by atoms with Gasteiger partial charge in [0.1, 0.15) is 5.82 Å². The summed E-state index contributed by atoms with van der Waals surface area (Å²) in [7, 11) is 0. The van der Waals surface area contributed by atoms with Gasteiger partial charge in [-0.3, -0.25) is 4.79 Å². The van der Waals surface area contributed by atoms with Crippen LogP contribution in [0.5, 0.6) is 0 Å². The van der Waals surface area contributed by atoms with Crippen molar-refractivity contribution in [1.29, 1.82) is 0 Å². The molecule has 124 valence electrons. The highest BCUT2D eigenvalue weighted by atomic mass is 35.5. The van der Waals surface area contributed by atoms with Gasteiger partial charge >= 0.3 is 11.9 Å². The summed E-state index contributed by atoms with van der Waals surface area (Å²) in [6, 6.07) is 3.45. The van der Waals surface area contributed by atoms with E-state index in [0.717, 1.165) is 24.3 Å². The van der Waals surface area contributed by atoms with Crippen molar-refractivity contribution < 1.29 is 28.2 Å². The third-order valence-electron chi connectivity index (χ3n) is 2.49. The molecule has 1 aromatic rings. The molecule has 0 saturated heterocycles. The summed E-state index contributed by atoms with van der Waals surface area (Å²) in [5, 5.41) is 2.41. The van der Waals surface area contributed by atoms with Crippen LogP contribution in [0.4, 0.5) is 10.1 Å². The summed E-state index contributed by atoms with van der Waals surface area (Å²) in [6.07, 6.45) is 0.607. The number of hydrogen-bond acceptors (Lipinski definition) is 5. The van der Waals surface area contributed by atoms with Gasteiger partial charge in [-0.25, -0.2) is 14.0 Å². The van der Waals surface area contributed by atoms with Crippen molar-refractivity contribution in [1.82, 2.24) is 0 Å². The standard InChI is InChI=1S/C15H15ClFNO5/c1-3-22-13(19)6-7-14(20)23-9(2)15(21)18-12-5-4-10(17)8-11(12)16/h4-9H,3H2,1-2H3,(H,18,21)/b7-6+/t9-/m1/s1. The molecule has 0 fully saturated rings. The molecule has 8 heteroatoms. The monoisotopic (exact) mass is 343 g/mol. The lowest BCUT2D eigenvalue weighted by Gasteiger charge is -2.13. The zero-order valence-corrected chi connectivity index (χ0v) is 13.2. The van der Waals surface area contributed by atoms with Crippen molar-refractivity contribution in [3.63, 3.8) is 0 Å². The van der Waals surface area contributed by atoms with Gasteiger partial charge in [-0.2, -0.15) is 0 Å². The highest BCUT2D eigenvalue weighted by Gasteiger charge is 2.18. The van der Waals surface area contributed by atoms with E-state index >= 15 is 0 Å². The van der Waals surface area contributed by atoms with Crippen LogP contribution in [0.15, 0.2) is 30.4 Å². The summed E-state index contributed by atoms with van der Waals surface area (Å²) in [6.45, 7) is 3.13. The fraction of sp³-hybridized carbons (Fsp3) is 0.267. The first-order chi connectivity index (χ1) is 10.8. The maximum atomic E-state index is 12.9. The molecular weight excluding hydrogens is 329 g/mol. The minimum absolute atomic E-state index is 0.0130. The number of carbonyl (C=O) groups excluding carboxylic acids is 3. The molecule has 0 unspecified atom stereocenters. The third kappa shape index (κ3) is 6.48. The minimum Gasteiger partial charge on any atom is -0.463 e. The molecule has 1 rings (SSSR count). The SMILES string of the molecule is CCOC(=O)/C=C/C(=O)O[C@H](C)C(=O)Nc1ccc(F)cc1Cl. The maximum absolute atomic E-state index is 12.9. The van der Waals surface area contributed by atoms with Gasteiger partial charge in [-0.15, -0.1) is 0 Å². The molecule has 0 spiro atoms. The van der Waals surface area contributed by atoms with E-state index in [1.807, 2.05) is 0 Å². The molecule has 0 aromatic heterocycles. The molecule has 23 heavy (non-hydrogen) atoms. The molecule has 0 bridgehead atoms. The Morgan fingerprint density at radius 3 is 2.57 bits per heavy atom.